The Hall–Kier alpha value is -0.570. The number of hydrogen-bond acceptors (Lipinski definition) is 2. The summed E-state index contributed by atoms with van der Waals surface area (Å²) >= 11 is 0. The molecule has 11 heavy (non-hydrogen) atoms. The maximum absolute atomic E-state index is 10.4. The number of carbonyl (C=O) groups is 1. The quantitative estimate of drug-likeness (QED) is 0.645. The van der Waals surface area contributed by atoms with Crippen LogP contribution in [-0.2, 0) is 4.79 Å². The molecule has 3 heteroatoms. The van der Waals surface area contributed by atoms with Gasteiger partial charge in [-0.05, 0) is 19.8 Å². The number of nitrogens with one attached hydrogen (secondary N) is 1. The van der Waals surface area contributed by atoms with E-state index in [2.05, 4.69) is 19.2 Å². The van der Waals surface area contributed by atoms with Gasteiger partial charge < -0.3 is 10.4 Å². The van der Waals surface area contributed by atoms with Crippen LogP contribution in [0.2, 0.25) is 0 Å². The highest BCUT2D eigenvalue weighted by Crippen LogP contribution is 2.00. The highest BCUT2D eigenvalue weighted by molar-refractivity contribution is 5.72. The molecule has 0 aromatic heterocycles. The van der Waals surface area contributed by atoms with Crippen molar-refractivity contribution in [2.24, 2.45) is 5.92 Å². The minimum absolute atomic E-state index is 0.251. The number of carboxylic acid groups (broad SMARTS) is 1. The van der Waals surface area contributed by atoms with E-state index in [0.717, 1.165) is 0 Å². The van der Waals surface area contributed by atoms with Crippen LogP contribution in [0.1, 0.15) is 27.7 Å². The Labute approximate surface area is 67.8 Å². The van der Waals surface area contributed by atoms with Gasteiger partial charge in [-0.15, -0.1) is 0 Å². The van der Waals surface area contributed by atoms with Crippen molar-refractivity contribution < 1.29 is 9.90 Å². The van der Waals surface area contributed by atoms with Crippen LogP contribution in [0.3, 0.4) is 0 Å². The van der Waals surface area contributed by atoms with Crippen molar-refractivity contribution in [3.63, 3.8) is 0 Å². The van der Waals surface area contributed by atoms with Gasteiger partial charge in [0.15, 0.2) is 0 Å². The molecule has 0 aromatic carbocycles. The van der Waals surface area contributed by atoms with Crippen molar-refractivity contribution in [1.29, 1.82) is 0 Å². The molecule has 0 aliphatic carbocycles. The number of aliphatic carboxylic acids is 1. The third-order valence-electron chi connectivity index (χ3n) is 1.88. The van der Waals surface area contributed by atoms with E-state index in [1.165, 1.54) is 0 Å². The third-order valence-corrected chi connectivity index (χ3v) is 1.88. The summed E-state index contributed by atoms with van der Waals surface area (Å²) in [6, 6.07) is -0.200. The molecule has 0 aliphatic heterocycles. The average molecular weight is 159 g/mol. The Bertz CT molecular complexity index is 134. The van der Waals surface area contributed by atoms with Crippen LogP contribution in [0.4, 0.5) is 0 Å². The van der Waals surface area contributed by atoms with Gasteiger partial charge in [0, 0.05) is 6.04 Å². The Morgan fingerprint density at radius 1 is 1.27 bits per heavy atom. The van der Waals surface area contributed by atoms with Gasteiger partial charge in [0.25, 0.3) is 0 Å². The van der Waals surface area contributed by atoms with E-state index in [9.17, 15) is 4.79 Å². The summed E-state index contributed by atoms with van der Waals surface area (Å²) in [4.78, 5) is 10.4. The molecule has 0 amide bonds. The zero-order chi connectivity index (χ0) is 9.02. The maximum Gasteiger partial charge on any atom is 0.320 e. The molecule has 0 aliphatic rings. The third kappa shape index (κ3) is 3.98. The maximum atomic E-state index is 10.4. The van der Waals surface area contributed by atoms with Gasteiger partial charge >= 0.3 is 5.97 Å². The molecule has 0 fully saturated rings. The van der Waals surface area contributed by atoms with Gasteiger partial charge in [-0.3, -0.25) is 4.79 Å². The van der Waals surface area contributed by atoms with Crippen molar-refractivity contribution in [3.8, 4) is 0 Å². The van der Waals surface area contributed by atoms with E-state index < -0.39 is 12.0 Å². The number of hydrogen-bond donors (Lipinski definition) is 2. The first-order valence-corrected chi connectivity index (χ1v) is 3.94. The van der Waals surface area contributed by atoms with Gasteiger partial charge in [-0.1, -0.05) is 13.8 Å². The molecular formula is C8H17NO2. The smallest absolute Gasteiger partial charge is 0.320 e. The summed E-state index contributed by atoms with van der Waals surface area (Å²) in [5.74, 6) is -0.325. The Kier molecular flexibility index (Phi) is 4.11. The van der Waals surface area contributed by atoms with Crippen molar-refractivity contribution in [1.82, 2.24) is 5.32 Å². The lowest BCUT2D eigenvalue weighted by Gasteiger charge is -2.19. The van der Waals surface area contributed by atoms with E-state index in [1.54, 1.807) is 6.92 Å². The first kappa shape index (κ1) is 10.4. The van der Waals surface area contributed by atoms with Gasteiger partial charge in [0.2, 0.25) is 0 Å². The van der Waals surface area contributed by atoms with Crippen LogP contribution in [-0.4, -0.2) is 23.2 Å². The molecule has 0 heterocycles. The molecule has 0 aromatic rings. The normalized spacial score (nSPS) is 16.5. The second-order valence-electron chi connectivity index (χ2n) is 3.26. The molecule has 3 nitrogen and oxygen atoms in total. The Morgan fingerprint density at radius 3 is 2.00 bits per heavy atom. The fraction of sp³-hybridized carbons (Fsp3) is 0.875. The highest BCUT2D eigenvalue weighted by atomic mass is 16.4. The molecule has 0 spiro atoms. The van der Waals surface area contributed by atoms with Crippen LogP contribution >= 0.6 is 0 Å². The lowest BCUT2D eigenvalue weighted by Crippen LogP contribution is -2.42. The Balaban J connectivity index is 3.75. The van der Waals surface area contributed by atoms with Gasteiger partial charge in [-0.25, -0.2) is 0 Å². The molecular weight excluding hydrogens is 142 g/mol. The fourth-order valence-electron chi connectivity index (χ4n) is 0.658. The molecule has 0 saturated heterocycles. The molecule has 0 bridgehead atoms. The minimum atomic E-state index is -0.794. The van der Waals surface area contributed by atoms with Crippen molar-refractivity contribution in [2.45, 2.75) is 39.8 Å². The van der Waals surface area contributed by atoms with Crippen LogP contribution in [0.25, 0.3) is 0 Å². The second kappa shape index (κ2) is 4.34. The molecule has 0 radical (unpaired) electrons. The zero-order valence-corrected chi connectivity index (χ0v) is 7.59. The van der Waals surface area contributed by atoms with Crippen LogP contribution < -0.4 is 5.32 Å². The van der Waals surface area contributed by atoms with Crippen LogP contribution in [0.5, 0.6) is 0 Å². The van der Waals surface area contributed by atoms with Gasteiger partial charge in [0.1, 0.15) is 6.04 Å². The van der Waals surface area contributed by atoms with Gasteiger partial charge in [0.05, 0.1) is 0 Å². The molecule has 2 N–H and O–H groups in total. The lowest BCUT2D eigenvalue weighted by molar-refractivity contribution is -0.139. The molecule has 2 atom stereocenters. The van der Waals surface area contributed by atoms with E-state index in [0.29, 0.717) is 5.92 Å². The summed E-state index contributed by atoms with van der Waals surface area (Å²) in [7, 11) is 0. The van der Waals surface area contributed by atoms with Gasteiger partial charge in [-0.2, -0.15) is 0 Å². The molecule has 0 unspecified atom stereocenters. The van der Waals surface area contributed by atoms with E-state index >= 15 is 0 Å². The zero-order valence-electron chi connectivity index (χ0n) is 7.59. The van der Waals surface area contributed by atoms with Crippen molar-refractivity contribution in [2.75, 3.05) is 0 Å². The van der Waals surface area contributed by atoms with E-state index in [1.807, 2.05) is 6.92 Å². The van der Waals surface area contributed by atoms with Crippen molar-refractivity contribution in [3.05, 3.63) is 0 Å². The highest BCUT2D eigenvalue weighted by Gasteiger charge is 2.15. The fourth-order valence-corrected chi connectivity index (χ4v) is 0.658. The number of rotatable bonds is 4. The minimum Gasteiger partial charge on any atom is -0.480 e. The van der Waals surface area contributed by atoms with E-state index in [-0.39, 0.29) is 6.04 Å². The lowest BCUT2D eigenvalue weighted by atomic mass is 10.1. The first-order valence-electron chi connectivity index (χ1n) is 3.94. The van der Waals surface area contributed by atoms with Crippen molar-refractivity contribution >= 4 is 5.97 Å². The summed E-state index contributed by atoms with van der Waals surface area (Å²) in [5.41, 5.74) is 0. The largest absolute Gasteiger partial charge is 0.480 e. The predicted octanol–water partition coefficient (Wildman–Crippen LogP) is 1.09. The predicted molar refractivity (Wildman–Crippen MR) is 44.5 cm³/mol. The summed E-state index contributed by atoms with van der Waals surface area (Å²) < 4.78 is 0. The number of carboxylic acids is 1. The molecule has 66 valence electrons. The topological polar surface area (TPSA) is 49.3 Å². The van der Waals surface area contributed by atoms with E-state index in [4.69, 9.17) is 5.11 Å². The molecule has 0 saturated carbocycles. The van der Waals surface area contributed by atoms with Crippen LogP contribution in [0, 0.1) is 5.92 Å². The summed E-state index contributed by atoms with van der Waals surface area (Å²) in [5, 5.41) is 11.5. The second-order valence-corrected chi connectivity index (χ2v) is 3.26. The monoisotopic (exact) mass is 159 g/mol. The van der Waals surface area contributed by atoms with Crippen LogP contribution in [0.15, 0.2) is 0 Å². The summed E-state index contributed by atoms with van der Waals surface area (Å²) in [6.45, 7) is 7.77. The Morgan fingerprint density at radius 2 is 1.73 bits per heavy atom. The first-order chi connectivity index (χ1) is 4.95. The molecule has 0 rings (SSSR count). The SMILES string of the molecule is CC(C)[C@@H](C)N[C@@H](C)C(=O)O. The standard InChI is InChI=1S/C8H17NO2/c1-5(2)6(3)9-7(4)8(10)11/h5-7,9H,1-4H3,(H,10,11)/t6-,7+/m1/s1. The average Bonchev–Trinajstić information content (AvgIpc) is 1.87. The summed E-state index contributed by atoms with van der Waals surface area (Å²) in [6.07, 6.45) is 0.